The first kappa shape index (κ1) is 22.1. The Morgan fingerprint density at radius 2 is 1.79 bits per heavy atom. The number of pyridine rings is 2. The number of nitrogens with zero attached hydrogens (tertiary/aromatic N) is 4. The summed E-state index contributed by atoms with van der Waals surface area (Å²) in [7, 11) is 1.68. The summed E-state index contributed by atoms with van der Waals surface area (Å²) in [5.74, 6) is 1.70. The second kappa shape index (κ2) is 8.91. The number of hydrogen-bond donors (Lipinski definition) is 1. The molecule has 1 aliphatic rings. The number of benzene rings is 1. The van der Waals surface area contributed by atoms with Gasteiger partial charge in [-0.25, -0.2) is 4.98 Å². The molecule has 1 aromatic carbocycles. The minimum absolute atomic E-state index is 0.0979. The van der Waals surface area contributed by atoms with E-state index in [-0.39, 0.29) is 12.1 Å². The van der Waals surface area contributed by atoms with Gasteiger partial charge in [-0.15, -0.1) is 0 Å². The smallest absolute Gasteiger partial charge is 0.174 e. The standard InChI is InChI=1S/C27H27N5OS/c1-17-11-13-29-24(14-17)31-18(2)15-22(19(31)3)26-25(23-10-5-6-12-28-23)30-27(34)32(26)20-8-7-9-21(16-20)33-4/h5-16,25-26H,1-4H3,(H,30,34)/t25-,26-/m1/s1. The molecule has 172 valence electrons. The van der Waals surface area contributed by atoms with Crippen LogP contribution in [0.2, 0.25) is 0 Å². The lowest BCUT2D eigenvalue weighted by atomic mass is 9.96. The van der Waals surface area contributed by atoms with Crippen molar-refractivity contribution in [2.75, 3.05) is 12.0 Å². The third-order valence-corrected chi connectivity index (χ3v) is 6.66. The average molecular weight is 470 g/mol. The fraction of sp³-hybridized carbons (Fsp3) is 0.222. The first-order valence-corrected chi connectivity index (χ1v) is 11.7. The molecule has 34 heavy (non-hydrogen) atoms. The number of thiocarbonyl (C=S) groups is 1. The second-order valence-corrected chi connectivity index (χ2v) is 8.94. The molecule has 0 saturated carbocycles. The number of hydrogen-bond acceptors (Lipinski definition) is 4. The van der Waals surface area contributed by atoms with Gasteiger partial charge in [-0.05, 0) is 86.6 Å². The Morgan fingerprint density at radius 3 is 2.53 bits per heavy atom. The molecule has 3 aromatic heterocycles. The Kier molecular flexibility index (Phi) is 5.79. The first-order valence-electron chi connectivity index (χ1n) is 11.2. The number of aryl methyl sites for hydroxylation is 2. The van der Waals surface area contributed by atoms with E-state index in [2.05, 4.69) is 63.7 Å². The lowest BCUT2D eigenvalue weighted by molar-refractivity contribution is 0.415. The van der Waals surface area contributed by atoms with E-state index in [9.17, 15) is 0 Å². The third kappa shape index (κ3) is 3.82. The minimum Gasteiger partial charge on any atom is -0.497 e. The molecule has 2 atom stereocenters. The van der Waals surface area contributed by atoms with Crippen molar-refractivity contribution in [1.82, 2.24) is 19.9 Å². The van der Waals surface area contributed by atoms with Crippen molar-refractivity contribution in [2.45, 2.75) is 32.9 Å². The summed E-state index contributed by atoms with van der Waals surface area (Å²) in [6.07, 6.45) is 3.68. The van der Waals surface area contributed by atoms with Crippen molar-refractivity contribution in [3.63, 3.8) is 0 Å². The zero-order valence-corrected chi connectivity index (χ0v) is 20.5. The molecule has 5 rings (SSSR count). The molecule has 7 heteroatoms. The third-order valence-electron chi connectivity index (χ3n) is 6.35. The van der Waals surface area contributed by atoms with Crippen molar-refractivity contribution < 1.29 is 4.74 Å². The Balaban J connectivity index is 1.69. The van der Waals surface area contributed by atoms with E-state index >= 15 is 0 Å². The van der Waals surface area contributed by atoms with E-state index in [4.69, 9.17) is 17.0 Å². The van der Waals surface area contributed by atoms with Gasteiger partial charge >= 0.3 is 0 Å². The molecule has 1 fully saturated rings. The van der Waals surface area contributed by atoms with Crippen molar-refractivity contribution in [2.24, 2.45) is 0 Å². The molecule has 0 bridgehead atoms. The summed E-state index contributed by atoms with van der Waals surface area (Å²) in [5.41, 5.74) is 6.51. The summed E-state index contributed by atoms with van der Waals surface area (Å²) in [5, 5.41) is 4.20. The van der Waals surface area contributed by atoms with Crippen LogP contribution in [0, 0.1) is 20.8 Å². The Morgan fingerprint density at radius 1 is 0.941 bits per heavy atom. The van der Waals surface area contributed by atoms with Gasteiger partial charge in [0, 0.05) is 35.5 Å². The molecule has 4 aromatic rings. The van der Waals surface area contributed by atoms with Gasteiger partial charge in [-0.2, -0.15) is 0 Å². The van der Waals surface area contributed by atoms with E-state index in [1.165, 1.54) is 11.1 Å². The van der Waals surface area contributed by atoms with Crippen LogP contribution in [-0.2, 0) is 0 Å². The summed E-state index contributed by atoms with van der Waals surface area (Å²) in [6, 6.07) is 20.1. The molecule has 0 amide bonds. The Hall–Kier alpha value is -3.71. The van der Waals surface area contributed by atoms with E-state index < -0.39 is 0 Å². The second-order valence-electron chi connectivity index (χ2n) is 8.55. The minimum atomic E-state index is -0.112. The molecule has 1 saturated heterocycles. The normalized spacial score (nSPS) is 17.6. The molecular formula is C27H27N5OS. The highest BCUT2D eigenvalue weighted by Crippen LogP contribution is 2.44. The first-order chi connectivity index (χ1) is 16.5. The lowest BCUT2D eigenvalue weighted by Crippen LogP contribution is -2.29. The molecule has 0 unspecified atom stereocenters. The van der Waals surface area contributed by atoms with Crippen LogP contribution in [0.3, 0.4) is 0 Å². The number of aromatic nitrogens is 3. The highest BCUT2D eigenvalue weighted by atomic mass is 32.1. The van der Waals surface area contributed by atoms with Gasteiger partial charge < -0.3 is 19.5 Å². The number of nitrogens with one attached hydrogen (secondary N) is 1. The number of ether oxygens (including phenoxy) is 1. The average Bonchev–Trinajstić information content (AvgIpc) is 3.34. The summed E-state index contributed by atoms with van der Waals surface area (Å²) in [6.45, 7) is 6.35. The highest BCUT2D eigenvalue weighted by molar-refractivity contribution is 7.80. The SMILES string of the molecule is COc1cccc(N2C(=S)N[C@H](c3ccccn3)[C@H]2c2cc(C)n(-c3cc(C)ccn3)c2C)c1. The predicted octanol–water partition coefficient (Wildman–Crippen LogP) is 5.38. The van der Waals surface area contributed by atoms with Crippen LogP contribution in [0.15, 0.2) is 73.1 Å². The maximum atomic E-state index is 5.88. The van der Waals surface area contributed by atoms with Crippen LogP contribution < -0.4 is 15.0 Å². The van der Waals surface area contributed by atoms with Crippen LogP contribution in [0.4, 0.5) is 5.69 Å². The zero-order valence-electron chi connectivity index (χ0n) is 19.7. The summed E-state index contributed by atoms with van der Waals surface area (Å²) in [4.78, 5) is 11.5. The predicted molar refractivity (Wildman–Crippen MR) is 139 cm³/mol. The zero-order chi connectivity index (χ0) is 23.8. The monoisotopic (exact) mass is 469 g/mol. The number of anilines is 1. The molecule has 4 heterocycles. The van der Waals surface area contributed by atoms with E-state index in [1.54, 1.807) is 7.11 Å². The number of methoxy groups -OCH3 is 1. The van der Waals surface area contributed by atoms with E-state index in [0.29, 0.717) is 5.11 Å². The molecule has 0 aliphatic carbocycles. The largest absolute Gasteiger partial charge is 0.497 e. The quantitative estimate of drug-likeness (QED) is 0.396. The summed E-state index contributed by atoms with van der Waals surface area (Å²) < 4.78 is 7.71. The van der Waals surface area contributed by atoms with Gasteiger partial charge in [0.15, 0.2) is 5.11 Å². The number of rotatable bonds is 5. The van der Waals surface area contributed by atoms with Crippen LogP contribution in [0.5, 0.6) is 5.75 Å². The molecule has 0 spiro atoms. The fourth-order valence-electron chi connectivity index (χ4n) is 4.79. The molecule has 6 nitrogen and oxygen atoms in total. The van der Waals surface area contributed by atoms with Gasteiger partial charge in [-0.3, -0.25) is 4.98 Å². The summed E-state index contributed by atoms with van der Waals surface area (Å²) >= 11 is 5.88. The highest BCUT2D eigenvalue weighted by Gasteiger charge is 2.42. The van der Waals surface area contributed by atoms with Crippen molar-refractivity contribution >= 4 is 23.0 Å². The van der Waals surface area contributed by atoms with Crippen LogP contribution in [-0.4, -0.2) is 26.8 Å². The van der Waals surface area contributed by atoms with Crippen LogP contribution >= 0.6 is 12.2 Å². The maximum absolute atomic E-state index is 5.88. The topological polar surface area (TPSA) is 55.2 Å². The van der Waals surface area contributed by atoms with Crippen LogP contribution in [0.1, 0.15) is 40.3 Å². The van der Waals surface area contributed by atoms with E-state index in [1.807, 2.05) is 54.9 Å². The molecule has 1 N–H and O–H groups in total. The molecule has 1 aliphatic heterocycles. The fourth-order valence-corrected chi connectivity index (χ4v) is 5.14. The van der Waals surface area contributed by atoms with Gasteiger partial charge in [0.25, 0.3) is 0 Å². The van der Waals surface area contributed by atoms with Gasteiger partial charge in [-0.1, -0.05) is 12.1 Å². The van der Waals surface area contributed by atoms with Gasteiger partial charge in [0.05, 0.1) is 24.9 Å². The molecular weight excluding hydrogens is 442 g/mol. The lowest BCUT2D eigenvalue weighted by Gasteiger charge is -2.28. The molecule has 0 radical (unpaired) electrons. The van der Waals surface area contributed by atoms with Crippen molar-refractivity contribution in [3.05, 3.63) is 101 Å². The van der Waals surface area contributed by atoms with Gasteiger partial charge in [0.1, 0.15) is 11.6 Å². The van der Waals surface area contributed by atoms with Gasteiger partial charge in [0.2, 0.25) is 0 Å². The maximum Gasteiger partial charge on any atom is 0.174 e. The Labute approximate surface area is 205 Å². The van der Waals surface area contributed by atoms with Crippen LogP contribution in [0.25, 0.3) is 5.82 Å². The Bertz CT molecular complexity index is 1350. The van der Waals surface area contributed by atoms with Crippen molar-refractivity contribution in [1.29, 1.82) is 0 Å². The van der Waals surface area contributed by atoms with E-state index in [0.717, 1.165) is 34.3 Å². The van der Waals surface area contributed by atoms with Crippen molar-refractivity contribution in [3.8, 4) is 11.6 Å².